The Hall–Kier alpha value is -1.31. The molecule has 1 aliphatic carbocycles. The molecule has 2 heteroatoms. The molecule has 0 saturated heterocycles. The predicted molar refractivity (Wildman–Crippen MR) is 73.1 cm³/mol. The van der Waals surface area contributed by atoms with E-state index in [-0.39, 0.29) is 5.92 Å². The second-order valence-electron chi connectivity index (χ2n) is 4.98. The predicted octanol–water partition coefficient (Wildman–Crippen LogP) is 4.09. The van der Waals surface area contributed by atoms with Gasteiger partial charge in [-0.15, -0.1) is 0 Å². The van der Waals surface area contributed by atoms with Crippen molar-refractivity contribution in [2.24, 2.45) is 0 Å². The average Bonchev–Trinajstić information content (AvgIpc) is 2.35. The molecular weight excluding hydrogens is 224 g/mol. The van der Waals surface area contributed by atoms with E-state index in [1.165, 1.54) is 12.8 Å². The van der Waals surface area contributed by atoms with Gasteiger partial charge in [-0.25, -0.2) is 0 Å². The maximum atomic E-state index is 12.2. The van der Waals surface area contributed by atoms with Crippen LogP contribution >= 0.6 is 0 Å². The summed E-state index contributed by atoms with van der Waals surface area (Å²) in [7, 11) is 0. The molecule has 18 heavy (non-hydrogen) atoms. The second-order valence-corrected chi connectivity index (χ2v) is 4.98. The van der Waals surface area contributed by atoms with Gasteiger partial charge in [-0.3, -0.25) is 4.79 Å². The van der Waals surface area contributed by atoms with E-state index in [2.05, 4.69) is 6.07 Å². The Kier molecular flexibility index (Phi) is 4.80. The van der Waals surface area contributed by atoms with Gasteiger partial charge in [-0.05, 0) is 37.5 Å². The van der Waals surface area contributed by atoms with Crippen molar-refractivity contribution in [1.29, 1.82) is 0 Å². The topological polar surface area (TPSA) is 26.3 Å². The lowest BCUT2D eigenvalue weighted by Gasteiger charge is -2.19. The van der Waals surface area contributed by atoms with Gasteiger partial charge in [0.1, 0.15) is 11.5 Å². The van der Waals surface area contributed by atoms with Gasteiger partial charge in [-0.1, -0.05) is 31.4 Å². The molecule has 0 heterocycles. The number of Topliss-reactive ketones (excluding diaryl/α,β-unsaturated/α-hetero) is 1. The van der Waals surface area contributed by atoms with E-state index < -0.39 is 0 Å². The van der Waals surface area contributed by atoms with Crippen LogP contribution in [-0.4, -0.2) is 12.4 Å². The van der Waals surface area contributed by atoms with Crippen molar-refractivity contribution >= 4 is 5.78 Å². The van der Waals surface area contributed by atoms with Crippen molar-refractivity contribution in [3.8, 4) is 5.75 Å². The summed E-state index contributed by atoms with van der Waals surface area (Å²) in [5, 5.41) is 0. The Morgan fingerprint density at radius 3 is 2.89 bits per heavy atom. The fraction of sp³-hybridized carbons (Fsp3) is 0.562. The number of ketones is 1. The molecular formula is C16H22O2. The number of hydrogen-bond acceptors (Lipinski definition) is 2. The van der Waals surface area contributed by atoms with Crippen LogP contribution in [0.15, 0.2) is 24.3 Å². The number of benzene rings is 1. The van der Waals surface area contributed by atoms with Gasteiger partial charge in [0.05, 0.1) is 6.61 Å². The van der Waals surface area contributed by atoms with Crippen LogP contribution in [0.3, 0.4) is 0 Å². The molecule has 0 bridgehead atoms. The summed E-state index contributed by atoms with van der Waals surface area (Å²) in [6.45, 7) is 2.65. The highest BCUT2D eigenvalue weighted by atomic mass is 16.5. The smallest absolute Gasteiger partial charge is 0.140 e. The lowest BCUT2D eigenvalue weighted by molar-refractivity contribution is -0.121. The minimum atomic E-state index is 0.0886. The standard InChI is InChI=1S/C16H22O2/c1-2-18-14-9-7-8-13(12-14)15-10-5-3-4-6-11-16(15)17/h7-9,12,15H,2-6,10-11H2,1H3. The molecule has 1 aromatic rings. The van der Waals surface area contributed by atoms with Crippen LogP contribution in [0.2, 0.25) is 0 Å². The van der Waals surface area contributed by atoms with E-state index in [4.69, 9.17) is 4.74 Å². The van der Waals surface area contributed by atoms with E-state index >= 15 is 0 Å². The van der Waals surface area contributed by atoms with Crippen LogP contribution in [0.25, 0.3) is 0 Å². The Bertz CT molecular complexity index is 398. The Balaban J connectivity index is 2.16. The minimum Gasteiger partial charge on any atom is -0.494 e. The first-order valence-electron chi connectivity index (χ1n) is 7.06. The third kappa shape index (κ3) is 3.34. The van der Waals surface area contributed by atoms with Gasteiger partial charge >= 0.3 is 0 Å². The molecule has 0 amide bonds. The van der Waals surface area contributed by atoms with Crippen molar-refractivity contribution in [3.63, 3.8) is 0 Å². The SMILES string of the molecule is CCOc1cccc(C2CCCCCCC2=O)c1. The molecule has 1 aliphatic rings. The van der Waals surface area contributed by atoms with Crippen LogP contribution in [0.4, 0.5) is 0 Å². The van der Waals surface area contributed by atoms with E-state index in [0.717, 1.165) is 37.0 Å². The van der Waals surface area contributed by atoms with Gasteiger partial charge in [-0.2, -0.15) is 0 Å². The number of carbonyl (C=O) groups excluding carboxylic acids is 1. The first kappa shape index (κ1) is 13.1. The average molecular weight is 246 g/mol. The molecule has 2 nitrogen and oxygen atoms in total. The van der Waals surface area contributed by atoms with Crippen molar-refractivity contribution in [2.45, 2.75) is 51.4 Å². The molecule has 1 fully saturated rings. The zero-order valence-corrected chi connectivity index (χ0v) is 11.2. The molecule has 1 aromatic carbocycles. The molecule has 98 valence electrons. The normalized spacial score (nSPS) is 21.2. The second kappa shape index (κ2) is 6.58. The van der Waals surface area contributed by atoms with Gasteiger partial charge in [0.25, 0.3) is 0 Å². The molecule has 0 N–H and O–H groups in total. The van der Waals surface area contributed by atoms with Crippen molar-refractivity contribution in [1.82, 2.24) is 0 Å². The monoisotopic (exact) mass is 246 g/mol. The van der Waals surface area contributed by atoms with E-state index in [0.29, 0.717) is 12.4 Å². The fourth-order valence-electron chi connectivity index (χ4n) is 2.68. The largest absolute Gasteiger partial charge is 0.494 e. The van der Waals surface area contributed by atoms with Crippen LogP contribution in [0, 0.1) is 0 Å². The quantitative estimate of drug-likeness (QED) is 0.803. The Labute approximate surface area is 109 Å². The minimum absolute atomic E-state index is 0.0886. The number of carbonyl (C=O) groups is 1. The summed E-state index contributed by atoms with van der Waals surface area (Å²) in [4.78, 5) is 12.2. The van der Waals surface area contributed by atoms with Gasteiger partial charge in [0, 0.05) is 12.3 Å². The van der Waals surface area contributed by atoms with Crippen molar-refractivity contribution in [2.75, 3.05) is 6.61 Å². The van der Waals surface area contributed by atoms with Gasteiger partial charge in [0.15, 0.2) is 0 Å². The lowest BCUT2D eigenvalue weighted by atomic mass is 9.85. The first-order valence-corrected chi connectivity index (χ1v) is 7.06. The highest BCUT2D eigenvalue weighted by molar-refractivity contribution is 5.85. The van der Waals surface area contributed by atoms with Crippen molar-refractivity contribution < 1.29 is 9.53 Å². The highest BCUT2D eigenvalue weighted by Gasteiger charge is 2.21. The van der Waals surface area contributed by atoms with Crippen LogP contribution < -0.4 is 4.74 Å². The molecule has 0 spiro atoms. The molecule has 0 radical (unpaired) electrons. The summed E-state index contributed by atoms with van der Waals surface area (Å²) in [5.74, 6) is 1.37. The fourth-order valence-corrected chi connectivity index (χ4v) is 2.68. The van der Waals surface area contributed by atoms with E-state index in [1.807, 2.05) is 25.1 Å². The summed E-state index contributed by atoms with van der Waals surface area (Å²) in [6.07, 6.45) is 6.42. The highest BCUT2D eigenvalue weighted by Crippen LogP contribution is 2.30. The zero-order valence-electron chi connectivity index (χ0n) is 11.2. The number of rotatable bonds is 3. The molecule has 1 atom stereocenters. The summed E-state index contributed by atoms with van der Waals surface area (Å²) < 4.78 is 5.52. The Morgan fingerprint density at radius 2 is 2.06 bits per heavy atom. The maximum absolute atomic E-state index is 12.2. The molecule has 1 unspecified atom stereocenters. The first-order chi connectivity index (χ1) is 8.81. The van der Waals surface area contributed by atoms with Crippen LogP contribution in [0.1, 0.15) is 56.9 Å². The molecule has 1 saturated carbocycles. The molecule has 0 aliphatic heterocycles. The molecule has 0 aromatic heterocycles. The summed E-state index contributed by atoms with van der Waals surface area (Å²) in [5.41, 5.74) is 1.13. The third-order valence-electron chi connectivity index (χ3n) is 3.63. The third-order valence-corrected chi connectivity index (χ3v) is 3.63. The van der Waals surface area contributed by atoms with Gasteiger partial charge < -0.3 is 4.74 Å². The Morgan fingerprint density at radius 1 is 1.22 bits per heavy atom. The lowest BCUT2D eigenvalue weighted by Crippen LogP contribution is -2.14. The summed E-state index contributed by atoms with van der Waals surface area (Å²) in [6, 6.07) is 8.05. The molecule has 2 rings (SSSR count). The van der Waals surface area contributed by atoms with E-state index in [1.54, 1.807) is 0 Å². The van der Waals surface area contributed by atoms with Crippen LogP contribution in [-0.2, 0) is 4.79 Å². The van der Waals surface area contributed by atoms with Gasteiger partial charge in [0.2, 0.25) is 0 Å². The van der Waals surface area contributed by atoms with Crippen LogP contribution in [0.5, 0.6) is 5.75 Å². The number of hydrogen-bond donors (Lipinski definition) is 0. The van der Waals surface area contributed by atoms with E-state index in [9.17, 15) is 4.79 Å². The zero-order chi connectivity index (χ0) is 12.8. The number of ether oxygens (including phenoxy) is 1. The van der Waals surface area contributed by atoms with Crippen molar-refractivity contribution in [3.05, 3.63) is 29.8 Å². The summed E-state index contributed by atoms with van der Waals surface area (Å²) >= 11 is 0. The maximum Gasteiger partial charge on any atom is 0.140 e.